The summed E-state index contributed by atoms with van der Waals surface area (Å²) in [4.78, 5) is 2.12. The van der Waals surface area contributed by atoms with Crippen LogP contribution in [0.5, 0.6) is 0 Å². The molecule has 0 amide bonds. The summed E-state index contributed by atoms with van der Waals surface area (Å²) in [6.45, 7) is 1.92. The van der Waals surface area contributed by atoms with Gasteiger partial charge in [-0.05, 0) is 24.7 Å². The van der Waals surface area contributed by atoms with Crippen LogP contribution >= 0.6 is 0 Å². The molecule has 1 N–H and O–H groups in total. The van der Waals surface area contributed by atoms with Gasteiger partial charge in [-0.25, -0.2) is 0 Å². The van der Waals surface area contributed by atoms with E-state index in [-0.39, 0.29) is 0 Å². The molecule has 1 atom stereocenters. The third kappa shape index (κ3) is 4.31. The number of likely N-dealkylation sites (N-methyl/N-ethyl adjacent to an activating group) is 1. The van der Waals surface area contributed by atoms with E-state index in [9.17, 15) is 5.11 Å². The maximum atomic E-state index is 10.3. The van der Waals surface area contributed by atoms with Gasteiger partial charge in [-0.15, -0.1) is 0 Å². The van der Waals surface area contributed by atoms with Crippen molar-refractivity contribution >= 4 is 0 Å². The minimum atomic E-state index is -0.457. The third-order valence-corrected chi connectivity index (χ3v) is 3.74. The largest absolute Gasteiger partial charge is 0.390 e. The standard InChI is InChI=1S/C18H22N4O/c1-20(12-16-7-3-2-4-8-16)14-18(23)15-22-13-17(11-19-22)21-9-5-6-10-21/h2-11,13,18,23H,12,14-15H2,1H3. The normalized spacial score (nSPS) is 12.7. The van der Waals surface area contributed by atoms with E-state index in [0.717, 1.165) is 12.2 Å². The van der Waals surface area contributed by atoms with Gasteiger partial charge in [-0.3, -0.25) is 9.58 Å². The maximum absolute atomic E-state index is 10.3. The van der Waals surface area contributed by atoms with E-state index in [1.54, 1.807) is 10.9 Å². The molecule has 0 radical (unpaired) electrons. The molecule has 23 heavy (non-hydrogen) atoms. The van der Waals surface area contributed by atoms with Gasteiger partial charge in [0.25, 0.3) is 0 Å². The number of hydrogen-bond donors (Lipinski definition) is 1. The summed E-state index contributed by atoms with van der Waals surface area (Å²) < 4.78 is 3.79. The summed E-state index contributed by atoms with van der Waals surface area (Å²) in [6, 6.07) is 14.2. The molecule has 0 saturated carbocycles. The zero-order valence-corrected chi connectivity index (χ0v) is 13.3. The first-order valence-corrected chi connectivity index (χ1v) is 7.77. The first-order valence-electron chi connectivity index (χ1n) is 7.77. The number of aromatic nitrogens is 3. The topological polar surface area (TPSA) is 46.2 Å². The number of nitrogens with zero attached hydrogens (tertiary/aromatic N) is 4. The van der Waals surface area contributed by atoms with Crippen molar-refractivity contribution in [3.8, 4) is 5.69 Å². The van der Waals surface area contributed by atoms with Crippen molar-refractivity contribution in [1.29, 1.82) is 0 Å². The fraction of sp³-hybridized carbons (Fsp3) is 0.278. The summed E-state index contributed by atoms with van der Waals surface area (Å²) in [6.07, 6.45) is 7.25. The molecule has 1 aromatic carbocycles. The van der Waals surface area contributed by atoms with Crippen LogP contribution in [0.2, 0.25) is 0 Å². The van der Waals surface area contributed by atoms with Crippen molar-refractivity contribution in [1.82, 2.24) is 19.2 Å². The summed E-state index contributed by atoms with van der Waals surface area (Å²) in [7, 11) is 2.02. The van der Waals surface area contributed by atoms with Crippen molar-refractivity contribution in [2.24, 2.45) is 0 Å². The van der Waals surface area contributed by atoms with Crippen LogP contribution in [0, 0.1) is 0 Å². The summed E-state index contributed by atoms with van der Waals surface area (Å²) in [5, 5.41) is 14.6. The molecule has 120 valence electrons. The fourth-order valence-corrected chi connectivity index (χ4v) is 2.69. The molecule has 3 rings (SSSR count). The predicted octanol–water partition coefficient (Wildman–Crippen LogP) is 2.17. The van der Waals surface area contributed by atoms with Gasteiger partial charge in [-0.1, -0.05) is 30.3 Å². The smallest absolute Gasteiger partial charge is 0.0862 e. The number of benzene rings is 1. The molecule has 0 aliphatic carbocycles. The Kier molecular flexibility index (Phi) is 4.90. The van der Waals surface area contributed by atoms with Gasteiger partial charge in [0.15, 0.2) is 0 Å². The molecule has 3 aromatic rings. The Morgan fingerprint density at radius 2 is 1.87 bits per heavy atom. The lowest BCUT2D eigenvalue weighted by Crippen LogP contribution is -2.31. The molecule has 0 aliphatic rings. The lowest BCUT2D eigenvalue weighted by molar-refractivity contribution is 0.104. The van der Waals surface area contributed by atoms with E-state index in [4.69, 9.17) is 0 Å². The van der Waals surface area contributed by atoms with Crippen LogP contribution in [0.3, 0.4) is 0 Å². The van der Waals surface area contributed by atoms with E-state index in [1.165, 1.54) is 5.56 Å². The molecule has 5 nitrogen and oxygen atoms in total. The summed E-state index contributed by atoms with van der Waals surface area (Å²) >= 11 is 0. The van der Waals surface area contributed by atoms with Crippen LogP contribution in [-0.2, 0) is 13.1 Å². The third-order valence-electron chi connectivity index (χ3n) is 3.74. The quantitative estimate of drug-likeness (QED) is 0.727. The van der Waals surface area contributed by atoms with Crippen molar-refractivity contribution in [3.05, 3.63) is 72.8 Å². The molecule has 5 heteroatoms. The van der Waals surface area contributed by atoms with Gasteiger partial charge >= 0.3 is 0 Å². The first-order chi connectivity index (χ1) is 11.2. The molecular weight excluding hydrogens is 288 g/mol. The van der Waals surface area contributed by atoms with E-state index in [2.05, 4.69) is 22.1 Å². The zero-order valence-electron chi connectivity index (χ0n) is 13.3. The Labute approximate surface area is 136 Å². The lowest BCUT2D eigenvalue weighted by atomic mass is 10.2. The number of rotatable bonds is 7. The number of aliphatic hydroxyl groups is 1. The molecule has 0 aliphatic heterocycles. The average molecular weight is 310 g/mol. The summed E-state index contributed by atoms with van der Waals surface area (Å²) in [5.41, 5.74) is 2.25. The van der Waals surface area contributed by atoms with Gasteiger partial charge in [0, 0.05) is 31.7 Å². The van der Waals surface area contributed by atoms with Crippen LogP contribution in [0.25, 0.3) is 5.69 Å². The van der Waals surface area contributed by atoms with Crippen molar-refractivity contribution < 1.29 is 5.11 Å². The van der Waals surface area contributed by atoms with Gasteiger partial charge in [0.2, 0.25) is 0 Å². The lowest BCUT2D eigenvalue weighted by Gasteiger charge is -2.20. The molecule has 2 aromatic heterocycles. The molecule has 0 saturated heterocycles. The molecule has 1 unspecified atom stereocenters. The Hall–Kier alpha value is -2.37. The number of hydrogen-bond acceptors (Lipinski definition) is 3. The van der Waals surface area contributed by atoms with Crippen molar-refractivity contribution in [3.63, 3.8) is 0 Å². The van der Waals surface area contributed by atoms with Gasteiger partial charge in [0.1, 0.15) is 0 Å². The highest BCUT2D eigenvalue weighted by molar-refractivity contribution is 5.26. The first kappa shape index (κ1) is 15.5. The zero-order chi connectivity index (χ0) is 16.1. The van der Waals surface area contributed by atoms with E-state index < -0.39 is 6.10 Å². The monoisotopic (exact) mass is 310 g/mol. The molecule has 2 heterocycles. The second kappa shape index (κ2) is 7.26. The molecular formula is C18H22N4O. The van der Waals surface area contributed by atoms with Crippen molar-refractivity contribution in [2.75, 3.05) is 13.6 Å². The van der Waals surface area contributed by atoms with Crippen LogP contribution in [0.1, 0.15) is 5.56 Å². The summed E-state index contributed by atoms with van der Waals surface area (Å²) in [5.74, 6) is 0. The molecule has 0 fully saturated rings. The fourth-order valence-electron chi connectivity index (χ4n) is 2.69. The second-order valence-corrected chi connectivity index (χ2v) is 5.85. The van der Waals surface area contributed by atoms with E-state index in [1.807, 2.05) is 60.5 Å². The van der Waals surface area contributed by atoms with Gasteiger partial charge in [-0.2, -0.15) is 5.10 Å². The van der Waals surface area contributed by atoms with Crippen LogP contribution in [0.4, 0.5) is 0 Å². The minimum Gasteiger partial charge on any atom is -0.390 e. The van der Waals surface area contributed by atoms with Crippen LogP contribution in [-0.4, -0.2) is 44.1 Å². The average Bonchev–Trinajstić information content (AvgIpc) is 3.18. The molecule has 0 bridgehead atoms. The predicted molar refractivity (Wildman–Crippen MR) is 90.3 cm³/mol. The Morgan fingerprint density at radius 3 is 2.61 bits per heavy atom. The highest BCUT2D eigenvalue weighted by Crippen LogP contribution is 2.08. The van der Waals surface area contributed by atoms with Gasteiger partial charge < -0.3 is 9.67 Å². The van der Waals surface area contributed by atoms with Crippen molar-refractivity contribution in [2.45, 2.75) is 19.2 Å². The Morgan fingerprint density at radius 1 is 1.13 bits per heavy atom. The van der Waals surface area contributed by atoms with Crippen LogP contribution < -0.4 is 0 Å². The highest BCUT2D eigenvalue weighted by Gasteiger charge is 2.10. The SMILES string of the molecule is CN(Cc1ccccc1)CC(O)Cn1cc(-n2cccc2)cn1. The van der Waals surface area contributed by atoms with E-state index >= 15 is 0 Å². The highest BCUT2D eigenvalue weighted by atomic mass is 16.3. The minimum absolute atomic E-state index is 0.457. The Bertz CT molecular complexity index is 706. The second-order valence-electron chi connectivity index (χ2n) is 5.85. The van der Waals surface area contributed by atoms with Gasteiger partial charge in [0.05, 0.1) is 24.5 Å². The van der Waals surface area contributed by atoms with E-state index in [0.29, 0.717) is 13.1 Å². The molecule has 0 spiro atoms. The van der Waals surface area contributed by atoms with Crippen LogP contribution in [0.15, 0.2) is 67.3 Å². The number of aliphatic hydroxyl groups excluding tert-OH is 1. The maximum Gasteiger partial charge on any atom is 0.0862 e. The Balaban J connectivity index is 1.52.